The molecule has 0 heterocycles. The van der Waals surface area contributed by atoms with Crippen molar-refractivity contribution in [2.75, 3.05) is 5.32 Å². The first-order valence-electron chi connectivity index (χ1n) is 7.34. The van der Waals surface area contributed by atoms with E-state index in [4.69, 9.17) is 11.6 Å². The topological polar surface area (TPSA) is 72.2 Å². The van der Waals surface area contributed by atoms with Crippen LogP contribution in [0.2, 0.25) is 5.02 Å². The molecule has 0 fully saturated rings. The van der Waals surface area contributed by atoms with Crippen LogP contribution < -0.4 is 5.32 Å². The van der Waals surface area contributed by atoms with Crippen molar-refractivity contribution in [3.05, 3.63) is 68.2 Å². The molecule has 120 valence electrons. The summed E-state index contributed by atoms with van der Waals surface area (Å²) in [5.41, 5.74) is 2.76. The molecule has 0 spiro atoms. The van der Waals surface area contributed by atoms with E-state index >= 15 is 0 Å². The number of benzene rings is 2. The number of hydrogen-bond donors (Lipinski definition) is 1. The number of nitrogens with one attached hydrogen (secondary N) is 1. The Hall–Kier alpha value is -2.40. The molecule has 2 rings (SSSR count). The molecule has 0 unspecified atom stereocenters. The van der Waals surface area contributed by atoms with Crippen molar-refractivity contribution in [3.63, 3.8) is 0 Å². The third-order valence-electron chi connectivity index (χ3n) is 3.64. The van der Waals surface area contributed by atoms with Gasteiger partial charge in [-0.05, 0) is 36.1 Å². The van der Waals surface area contributed by atoms with Crippen molar-refractivity contribution >= 4 is 28.9 Å². The maximum absolute atomic E-state index is 12.5. The van der Waals surface area contributed by atoms with Crippen LogP contribution in [0.25, 0.3) is 0 Å². The summed E-state index contributed by atoms with van der Waals surface area (Å²) in [4.78, 5) is 22.8. The van der Waals surface area contributed by atoms with E-state index in [9.17, 15) is 14.9 Å². The molecule has 0 saturated carbocycles. The van der Waals surface area contributed by atoms with Crippen molar-refractivity contribution < 1.29 is 9.72 Å². The van der Waals surface area contributed by atoms with Gasteiger partial charge in [0.2, 0.25) is 0 Å². The highest BCUT2D eigenvalue weighted by molar-refractivity contribution is 6.32. The number of halogens is 1. The van der Waals surface area contributed by atoms with Gasteiger partial charge in [-0.15, -0.1) is 0 Å². The molecule has 6 heteroatoms. The predicted octanol–water partition coefficient (Wildman–Crippen LogP) is 4.63. The van der Waals surface area contributed by atoms with E-state index in [0.717, 1.165) is 29.7 Å². The lowest BCUT2D eigenvalue weighted by Gasteiger charge is -2.14. The number of hydrogen-bond acceptors (Lipinski definition) is 3. The van der Waals surface area contributed by atoms with Crippen LogP contribution in [-0.4, -0.2) is 10.8 Å². The Kier molecular flexibility index (Phi) is 5.34. The van der Waals surface area contributed by atoms with Gasteiger partial charge >= 0.3 is 0 Å². The molecule has 0 bridgehead atoms. The SMILES string of the molecule is CCc1cccc(CC)c1NC(=O)c1ccc(Cl)c([N+](=O)[O-])c1. The van der Waals surface area contributed by atoms with Crippen LogP contribution in [-0.2, 0) is 12.8 Å². The van der Waals surface area contributed by atoms with Gasteiger partial charge in [-0.1, -0.05) is 43.6 Å². The Morgan fingerprint density at radius 3 is 2.30 bits per heavy atom. The maximum atomic E-state index is 12.5. The average Bonchev–Trinajstić information content (AvgIpc) is 2.55. The fourth-order valence-corrected chi connectivity index (χ4v) is 2.57. The zero-order chi connectivity index (χ0) is 17.0. The molecular formula is C17H17ClN2O3. The number of nitro groups is 1. The molecule has 1 N–H and O–H groups in total. The molecule has 0 saturated heterocycles. The van der Waals surface area contributed by atoms with E-state index < -0.39 is 4.92 Å². The number of rotatable bonds is 5. The summed E-state index contributed by atoms with van der Waals surface area (Å²) in [7, 11) is 0. The summed E-state index contributed by atoms with van der Waals surface area (Å²) in [5, 5.41) is 13.8. The summed E-state index contributed by atoms with van der Waals surface area (Å²) in [6, 6.07) is 9.91. The van der Waals surface area contributed by atoms with E-state index in [0.29, 0.717) is 0 Å². The van der Waals surface area contributed by atoms with Gasteiger partial charge in [0.1, 0.15) is 5.02 Å². The van der Waals surface area contributed by atoms with Crippen molar-refractivity contribution in [1.82, 2.24) is 0 Å². The van der Waals surface area contributed by atoms with Gasteiger partial charge in [-0.25, -0.2) is 0 Å². The second-order valence-electron chi connectivity index (χ2n) is 5.04. The van der Waals surface area contributed by atoms with Crippen LogP contribution in [0.3, 0.4) is 0 Å². The first kappa shape index (κ1) is 17.0. The number of nitro benzene ring substituents is 1. The van der Waals surface area contributed by atoms with E-state index in [-0.39, 0.29) is 22.2 Å². The Balaban J connectivity index is 2.37. The van der Waals surface area contributed by atoms with Gasteiger partial charge in [0.25, 0.3) is 11.6 Å². The second kappa shape index (κ2) is 7.24. The van der Waals surface area contributed by atoms with Gasteiger partial charge < -0.3 is 5.32 Å². The smallest absolute Gasteiger partial charge is 0.288 e. The summed E-state index contributed by atoms with van der Waals surface area (Å²) in [6.07, 6.45) is 1.56. The largest absolute Gasteiger partial charge is 0.321 e. The lowest BCUT2D eigenvalue weighted by molar-refractivity contribution is -0.384. The van der Waals surface area contributed by atoms with Crippen molar-refractivity contribution in [2.24, 2.45) is 0 Å². The summed E-state index contributed by atoms with van der Waals surface area (Å²) < 4.78 is 0. The molecule has 5 nitrogen and oxygen atoms in total. The lowest BCUT2D eigenvalue weighted by Crippen LogP contribution is -2.15. The normalized spacial score (nSPS) is 10.4. The van der Waals surface area contributed by atoms with Crippen LogP contribution in [0.5, 0.6) is 0 Å². The molecule has 0 aliphatic carbocycles. The van der Waals surface area contributed by atoms with E-state index in [1.807, 2.05) is 32.0 Å². The Labute approximate surface area is 139 Å². The molecule has 0 aromatic heterocycles. The highest BCUT2D eigenvalue weighted by atomic mass is 35.5. The number of amides is 1. The standard InChI is InChI=1S/C17H17ClN2O3/c1-3-11-6-5-7-12(4-2)16(11)19-17(21)13-8-9-14(18)15(10-13)20(22)23/h5-10H,3-4H2,1-2H3,(H,19,21). The predicted molar refractivity (Wildman–Crippen MR) is 91.3 cm³/mol. The maximum Gasteiger partial charge on any atom is 0.288 e. The van der Waals surface area contributed by atoms with Gasteiger partial charge in [0.05, 0.1) is 4.92 Å². The van der Waals surface area contributed by atoms with Crippen LogP contribution in [0, 0.1) is 10.1 Å². The molecule has 2 aromatic rings. The van der Waals surface area contributed by atoms with Crippen LogP contribution in [0.4, 0.5) is 11.4 Å². The van der Waals surface area contributed by atoms with E-state index in [2.05, 4.69) is 5.32 Å². The monoisotopic (exact) mass is 332 g/mol. The quantitative estimate of drug-likeness (QED) is 0.641. The average molecular weight is 333 g/mol. The van der Waals surface area contributed by atoms with E-state index in [1.165, 1.54) is 18.2 Å². The lowest BCUT2D eigenvalue weighted by atomic mass is 10.0. The number of aryl methyl sites for hydroxylation is 2. The van der Waals surface area contributed by atoms with Crippen LogP contribution in [0.15, 0.2) is 36.4 Å². The third kappa shape index (κ3) is 3.68. The summed E-state index contributed by atoms with van der Waals surface area (Å²) >= 11 is 5.78. The third-order valence-corrected chi connectivity index (χ3v) is 3.96. The molecule has 0 atom stereocenters. The van der Waals surface area contributed by atoms with Crippen molar-refractivity contribution in [1.29, 1.82) is 0 Å². The molecule has 0 radical (unpaired) electrons. The fourth-order valence-electron chi connectivity index (χ4n) is 2.38. The van der Waals surface area contributed by atoms with Crippen LogP contribution >= 0.6 is 11.6 Å². The highest BCUT2D eigenvalue weighted by Gasteiger charge is 2.17. The van der Waals surface area contributed by atoms with Gasteiger partial charge in [0.15, 0.2) is 0 Å². The van der Waals surface area contributed by atoms with Crippen molar-refractivity contribution in [2.45, 2.75) is 26.7 Å². The molecule has 2 aromatic carbocycles. The minimum Gasteiger partial charge on any atom is -0.321 e. The van der Waals surface area contributed by atoms with E-state index in [1.54, 1.807) is 0 Å². The van der Waals surface area contributed by atoms with Gasteiger partial charge in [-0.3, -0.25) is 14.9 Å². The fraction of sp³-hybridized carbons (Fsp3) is 0.235. The summed E-state index contributed by atoms with van der Waals surface area (Å²) in [5.74, 6) is -0.389. The van der Waals surface area contributed by atoms with Gasteiger partial charge in [0, 0.05) is 17.3 Å². The molecular weight excluding hydrogens is 316 g/mol. The number of carbonyl (C=O) groups is 1. The zero-order valence-electron chi connectivity index (χ0n) is 12.9. The number of anilines is 1. The Morgan fingerprint density at radius 2 is 1.78 bits per heavy atom. The van der Waals surface area contributed by atoms with Gasteiger partial charge in [-0.2, -0.15) is 0 Å². The molecule has 1 amide bonds. The number of carbonyl (C=O) groups excluding carboxylic acids is 1. The highest BCUT2D eigenvalue weighted by Crippen LogP contribution is 2.27. The first-order valence-corrected chi connectivity index (χ1v) is 7.71. The second-order valence-corrected chi connectivity index (χ2v) is 5.44. The number of nitrogens with zero attached hydrogens (tertiary/aromatic N) is 1. The molecule has 0 aliphatic heterocycles. The minimum absolute atomic E-state index is 0.00903. The summed E-state index contributed by atoms with van der Waals surface area (Å²) in [6.45, 7) is 4.02. The Bertz CT molecular complexity index is 737. The Morgan fingerprint density at radius 1 is 1.17 bits per heavy atom. The minimum atomic E-state index is -0.601. The molecule has 0 aliphatic rings. The molecule has 23 heavy (non-hydrogen) atoms. The van der Waals surface area contributed by atoms with Crippen molar-refractivity contribution in [3.8, 4) is 0 Å². The number of para-hydroxylation sites is 1. The van der Waals surface area contributed by atoms with Crippen LogP contribution in [0.1, 0.15) is 35.3 Å². The first-order chi connectivity index (χ1) is 11.0. The zero-order valence-corrected chi connectivity index (χ0v) is 13.7.